The van der Waals surface area contributed by atoms with Gasteiger partial charge in [0.25, 0.3) is 0 Å². The molecule has 0 radical (unpaired) electrons. The minimum atomic E-state index is 0.652. The fourth-order valence-corrected chi connectivity index (χ4v) is 5.13. The standard InChI is InChI=1S/C21H25N3O/c1-25-21-4-2-17(3-5-21)18-8-19(10-22-9-18)24-13-16-6-15-7-20(24)14-23(11-15)12-16/h2-5,8-10,15-16,20H,6-7,11-14H2,1H3. The Kier molecular flexibility index (Phi) is 3.66. The van der Waals surface area contributed by atoms with Crippen LogP contribution in [0.25, 0.3) is 11.1 Å². The van der Waals surface area contributed by atoms with Crippen LogP contribution in [0.15, 0.2) is 42.7 Å². The number of aromatic nitrogens is 1. The minimum Gasteiger partial charge on any atom is -0.497 e. The van der Waals surface area contributed by atoms with E-state index in [1.807, 2.05) is 18.3 Å². The Morgan fingerprint density at radius 3 is 2.56 bits per heavy atom. The summed E-state index contributed by atoms with van der Waals surface area (Å²) in [5.74, 6) is 2.61. The van der Waals surface area contributed by atoms with Gasteiger partial charge < -0.3 is 14.5 Å². The molecule has 2 aromatic rings. The quantitative estimate of drug-likeness (QED) is 0.861. The third kappa shape index (κ3) is 2.78. The maximum atomic E-state index is 5.27. The molecule has 6 rings (SSSR count). The highest BCUT2D eigenvalue weighted by atomic mass is 16.5. The van der Waals surface area contributed by atoms with Gasteiger partial charge in [0.05, 0.1) is 19.0 Å². The number of rotatable bonds is 3. The number of ether oxygens (including phenoxy) is 1. The van der Waals surface area contributed by atoms with E-state index in [0.29, 0.717) is 6.04 Å². The average Bonchev–Trinajstić information content (AvgIpc) is 2.85. The fraction of sp³-hybridized carbons (Fsp3) is 0.476. The molecule has 4 atom stereocenters. The molecule has 0 aliphatic carbocycles. The summed E-state index contributed by atoms with van der Waals surface area (Å²) in [7, 11) is 1.70. The second kappa shape index (κ2) is 6.03. The number of fused-ring (bicyclic) bond motifs is 1. The predicted octanol–water partition coefficient (Wildman–Crippen LogP) is 3.29. The van der Waals surface area contributed by atoms with Gasteiger partial charge in [-0.05, 0) is 48.4 Å². The third-order valence-corrected chi connectivity index (χ3v) is 6.15. The van der Waals surface area contributed by atoms with E-state index in [-0.39, 0.29) is 0 Å². The highest BCUT2D eigenvalue weighted by molar-refractivity contribution is 5.68. The van der Waals surface area contributed by atoms with E-state index in [9.17, 15) is 0 Å². The van der Waals surface area contributed by atoms with Crippen molar-refractivity contribution in [3.8, 4) is 16.9 Å². The van der Waals surface area contributed by atoms with E-state index in [4.69, 9.17) is 4.74 Å². The first-order valence-corrected chi connectivity index (χ1v) is 9.37. The summed E-state index contributed by atoms with van der Waals surface area (Å²) in [5.41, 5.74) is 3.66. The van der Waals surface area contributed by atoms with Crippen molar-refractivity contribution in [3.63, 3.8) is 0 Å². The number of piperidine rings is 2. The lowest BCUT2D eigenvalue weighted by Gasteiger charge is -2.41. The Balaban J connectivity index is 1.46. The van der Waals surface area contributed by atoms with Crippen molar-refractivity contribution < 1.29 is 4.74 Å². The Bertz CT molecular complexity index is 746. The lowest BCUT2D eigenvalue weighted by Crippen LogP contribution is -2.49. The van der Waals surface area contributed by atoms with E-state index < -0.39 is 0 Å². The number of benzene rings is 1. The molecule has 130 valence electrons. The number of hydrogen-bond donors (Lipinski definition) is 0. The van der Waals surface area contributed by atoms with Crippen LogP contribution in [0.1, 0.15) is 12.8 Å². The Labute approximate surface area is 149 Å². The Morgan fingerprint density at radius 1 is 0.920 bits per heavy atom. The molecule has 4 fully saturated rings. The molecule has 0 spiro atoms. The summed E-state index contributed by atoms with van der Waals surface area (Å²) in [6, 6.07) is 11.2. The first-order chi connectivity index (χ1) is 12.3. The molecule has 4 nitrogen and oxygen atoms in total. The number of anilines is 1. The van der Waals surface area contributed by atoms with Crippen molar-refractivity contribution in [3.05, 3.63) is 42.7 Å². The van der Waals surface area contributed by atoms with Crippen molar-refractivity contribution >= 4 is 5.69 Å². The SMILES string of the molecule is COc1ccc(-c2cncc(N3CC4CC5CC3CN(C5)C4)c2)cc1. The van der Waals surface area contributed by atoms with E-state index >= 15 is 0 Å². The molecule has 0 N–H and O–H groups in total. The van der Waals surface area contributed by atoms with E-state index in [1.54, 1.807) is 7.11 Å². The van der Waals surface area contributed by atoms with Crippen LogP contribution in [0.2, 0.25) is 0 Å². The number of methoxy groups -OCH3 is 1. The summed E-state index contributed by atoms with van der Waals surface area (Å²) in [6.07, 6.45) is 6.78. The zero-order chi connectivity index (χ0) is 16.8. The van der Waals surface area contributed by atoms with E-state index in [1.165, 1.54) is 55.8 Å². The van der Waals surface area contributed by atoms with E-state index in [0.717, 1.165) is 17.6 Å². The molecule has 0 amide bonds. The molecule has 4 saturated heterocycles. The van der Waals surface area contributed by atoms with Gasteiger partial charge in [0.2, 0.25) is 0 Å². The smallest absolute Gasteiger partial charge is 0.118 e. The molecular weight excluding hydrogens is 310 g/mol. The third-order valence-electron chi connectivity index (χ3n) is 6.15. The van der Waals surface area contributed by atoms with Gasteiger partial charge in [-0.3, -0.25) is 4.98 Å². The van der Waals surface area contributed by atoms with Crippen molar-refractivity contribution in [2.75, 3.05) is 38.2 Å². The number of hydrogen-bond acceptors (Lipinski definition) is 4. The van der Waals surface area contributed by atoms with Gasteiger partial charge in [-0.1, -0.05) is 12.1 Å². The summed E-state index contributed by atoms with van der Waals surface area (Å²) < 4.78 is 5.27. The van der Waals surface area contributed by atoms with Crippen LogP contribution in [0, 0.1) is 11.8 Å². The van der Waals surface area contributed by atoms with Crippen molar-refractivity contribution in [2.24, 2.45) is 11.8 Å². The van der Waals surface area contributed by atoms with Gasteiger partial charge in [0.15, 0.2) is 0 Å². The lowest BCUT2D eigenvalue weighted by atomic mass is 9.84. The molecule has 1 aromatic heterocycles. The minimum absolute atomic E-state index is 0.652. The molecule has 5 heterocycles. The van der Waals surface area contributed by atoms with Crippen LogP contribution in [-0.4, -0.2) is 49.2 Å². The maximum Gasteiger partial charge on any atom is 0.118 e. The monoisotopic (exact) mass is 335 g/mol. The van der Waals surface area contributed by atoms with Crippen molar-refractivity contribution in [1.29, 1.82) is 0 Å². The van der Waals surface area contributed by atoms with Crippen LogP contribution in [0.5, 0.6) is 5.75 Å². The van der Waals surface area contributed by atoms with Crippen molar-refractivity contribution in [1.82, 2.24) is 9.88 Å². The fourth-order valence-electron chi connectivity index (χ4n) is 5.13. The molecule has 1 aromatic carbocycles. The zero-order valence-electron chi connectivity index (χ0n) is 14.8. The lowest BCUT2D eigenvalue weighted by molar-refractivity contribution is 0.0980. The van der Waals surface area contributed by atoms with Crippen LogP contribution in [0.3, 0.4) is 0 Å². The maximum absolute atomic E-state index is 5.27. The van der Waals surface area contributed by atoms with Gasteiger partial charge in [0, 0.05) is 44.0 Å². The van der Waals surface area contributed by atoms with Gasteiger partial charge >= 0.3 is 0 Å². The molecule has 4 aliphatic rings. The van der Waals surface area contributed by atoms with Crippen molar-refractivity contribution in [2.45, 2.75) is 18.9 Å². The zero-order valence-corrected chi connectivity index (χ0v) is 14.8. The predicted molar refractivity (Wildman–Crippen MR) is 100 cm³/mol. The molecular formula is C21H25N3O. The number of pyridine rings is 1. The Morgan fingerprint density at radius 2 is 1.76 bits per heavy atom. The molecule has 0 saturated carbocycles. The molecule has 4 heteroatoms. The molecule has 4 aliphatic heterocycles. The Hall–Kier alpha value is -2.07. The second-order valence-corrected chi connectivity index (χ2v) is 7.89. The van der Waals surface area contributed by atoms with Crippen LogP contribution in [0.4, 0.5) is 5.69 Å². The van der Waals surface area contributed by atoms with Gasteiger partial charge in [-0.25, -0.2) is 0 Å². The molecule has 4 unspecified atom stereocenters. The van der Waals surface area contributed by atoms with Crippen LogP contribution in [-0.2, 0) is 0 Å². The molecule has 25 heavy (non-hydrogen) atoms. The second-order valence-electron chi connectivity index (χ2n) is 7.89. The highest BCUT2D eigenvalue weighted by Crippen LogP contribution is 2.39. The first-order valence-electron chi connectivity index (χ1n) is 9.37. The normalized spacial score (nSPS) is 30.4. The summed E-state index contributed by atoms with van der Waals surface area (Å²) >= 11 is 0. The highest BCUT2D eigenvalue weighted by Gasteiger charge is 2.41. The summed E-state index contributed by atoms with van der Waals surface area (Å²) in [5, 5.41) is 0. The summed E-state index contributed by atoms with van der Waals surface area (Å²) in [4.78, 5) is 9.90. The van der Waals surface area contributed by atoms with Gasteiger partial charge in [0.1, 0.15) is 5.75 Å². The van der Waals surface area contributed by atoms with Crippen LogP contribution < -0.4 is 9.64 Å². The van der Waals surface area contributed by atoms with Crippen LogP contribution >= 0.6 is 0 Å². The first kappa shape index (κ1) is 15.2. The molecule has 4 bridgehead atoms. The largest absolute Gasteiger partial charge is 0.497 e. The topological polar surface area (TPSA) is 28.6 Å². The van der Waals surface area contributed by atoms with Gasteiger partial charge in [-0.15, -0.1) is 0 Å². The number of nitrogens with zero attached hydrogens (tertiary/aromatic N) is 3. The summed E-state index contributed by atoms with van der Waals surface area (Å²) in [6.45, 7) is 5.02. The van der Waals surface area contributed by atoms with Gasteiger partial charge in [-0.2, -0.15) is 0 Å². The average molecular weight is 335 g/mol. The van der Waals surface area contributed by atoms with E-state index in [2.05, 4.69) is 39.2 Å².